The second-order valence-electron chi connectivity index (χ2n) is 14.0. The molecule has 0 atom stereocenters. The van der Waals surface area contributed by atoms with Crippen LogP contribution in [0.2, 0.25) is 0 Å². The second kappa shape index (κ2) is 18.2. The van der Waals surface area contributed by atoms with E-state index in [1.807, 2.05) is 60.7 Å². The van der Waals surface area contributed by atoms with Crippen molar-refractivity contribution in [1.82, 2.24) is 10.2 Å². The number of rotatable bonds is 11. The van der Waals surface area contributed by atoms with Gasteiger partial charge in [0.2, 0.25) is 5.91 Å². The van der Waals surface area contributed by atoms with Gasteiger partial charge in [-0.3, -0.25) is 14.4 Å². The van der Waals surface area contributed by atoms with Gasteiger partial charge < -0.3 is 30.3 Å². The van der Waals surface area contributed by atoms with Crippen LogP contribution in [0.3, 0.4) is 0 Å². The molecule has 3 N–H and O–H groups in total. The van der Waals surface area contributed by atoms with E-state index >= 15 is 0 Å². The fraction of sp³-hybridized carbons (Fsp3) is 0.205. The Morgan fingerprint density at radius 3 is 2.21 bits per heavy atom. The number of amides is 4. The summed E-state index contributed by atoms with van der Waals surface area (Å²) in [7, 11) is 1.29. The minimum atomic E-state index is -0.650. The highest BCUT2D eigenvalue weighted by Gasteiger charge is 2.32. The predicted octanol–water partition coefficient (Wildman–Crippen LogP) is 8.64. The summed E-state index contributed by atoms with van der Waals surface area (Å²) in [6, 6.07) is 33.2. The number of thiophene rings is 1. The molecule has 5 aromatic rings. The van der Waals surface area contributed by atoms with Gasteiger partial charge in [-0.2, -0.15) is 0 Å². The van der Waals surface area contributed by atoms with Crippen molar-refractivity contribution in [3.63, 3.8) is 0 Å². The lowest BCUT2D eigenvalue weighted by Crippen LogP contribution is -2.39. The summed E-state index contributed by atoms with van der Waals surface area (Å²) in [6.45, 7) is 6.01. The van der Waals surface area contributed by atoms with Crippen molar-refractivity contribution < 1.29 is 33.4 Å². The van der Waals surface area contributed by atoms with Gasteiger partial charge in [-0.1, -0.05) is 78.9 Å². The Labute approximate surface area is 339 Å². The van der Waals surface area contributed by atoms with Crippen molar-refractivity contribution in [2.75, 3.05) is 30.0 Å². The van der Waals surface area contributed by atoms with Crippen LogP contribution >= 0.6 is 23.1 Å². The molecular formula is C44H42N4O7S2. The highest BCUT2D eigenvalue weighted by atomic mass is 32.2. The molecular weight excluding hydrogens is 761 g/mol. The summed E-state index contributed by atoms with van der Waals surface area (Å²) < 4.78 is 10.6. The van der Waals surface area contributed by atoms with Crippen LogP contribution in [0.1, 0.15) is 57.5 Å². The van der Waals surface area contributed by atoms with Crippen LogP contribution < -0.4 is 16.0 Å². The van der Waals surface area contributed by atoms with Gasteiger partial charge in [-0.25, -0.2) is 9.59 Å². The van der Waals surface area contributed by atoms with Crippen LogP contribution in [0.4, 0.5) is 15.5 Å². The summed E-state index contributed by atoms with van der Waals surface area (Å²) in [5.74, 6) is -1.89. The molecule has 0 bridgehead atoms. The summed E-state index contributed by atoms with van der Waals surface area (Å²) in [5, 5.41) is 8.88. The normalized spacial score (nSPS) is 12.6. The topological polar surface area (TPSA) is 143 Å². The summed E-state index contributed by atoms with van der Waals surface area (Å²) in [4.78, 5) is 68.8. The maximum Gasteiger partial charge on any atom is 0.410 e. The molecule has 0 spiro atoms. The maximum atomic E-state index is 13.7. The number of methoxy groups -OCH3 is 1. The van der Waals surface area contributed by atoms with Gasteiger partial charge in [0.05, 0.1) is 25.0 Å². The maximum absolute atomic E-state index is 13.7. The van der Waals surface area contributed by atoms with Crippen molar-refractivity contribution in [2.45, 2.75) is 44.2 Å². The third-order valence-electron chi connectivity index (χ3n) is 8.67. The molecule has 2 heterocycles. The quantitative estimate of drug-likeness (QED) is 0.0685. The molecule has 0 saturated heterocycles. The van der Waals surface area contributed by atoms with E-state index < -0.39 is 29.5 Å². The van der Waals surface area contributed by atoms with Gasteiger partial charge in [-0.15, -0.1) is 23.1 Å². The van der Waals surface area contributed by atoms with Crippen LogP contribution in [-0.2, 0) is 32.0 Å². The zero-order valence-electron chi connectivity index (χ0n) is 31.9. The Morgan fingerprint density at radius 1 is 0.842 bits per heavy atom. The van der Waals surface area contributed by atoms with E-state index in [2.05, 4.69) is 16.0 Å². The van der Waals surface area contributed by atoms with Gasteiger partial charge in [0.15, 0.2) is 0 Å². The van der Waals surface area contributed by atoms with Crippen LogP contribution in [-0.4, -0.2) is 59.7 Å². The fourth-order valence-electron chi connectivity index (χ4n) is 5.98. The number of carbonyl (C=O) groups excluding carboxylic acids is 5. The third kappa shape index (κ3) is 10.8. The molecule has 0 saturated carbocycles. The van der Waals surface area contributed by atoms with E-state index in [1.54, 1.807) is 80.3 Å². The number of hydrogen-bond acceptors (Lipinski definition) is 9. The average molecular weight is 803 g/mol. The van der Waals surface area contributed by atoms with E-state index in [1.165, 1.54) is 30.2 Å². The number of fused-ring (bicyclic) bond motifs is 1. The predicted molar refractivity (Wildman–Crippen MR) is 224 cm³/mol. The number of thioether (sulfide) groups is 1. The zero-order valence-corrected chi connectivity index (χ0v) is 33.6. The fourth-order valence-corrected chi connectivity index (χ4v) is 8.00. The Balaban J connectivity index is 1.13. The zero-order chi connectivity index (χ0) is 40.5. The molecule has 4 amide bonds. The number of benzene rings is 4. The second-order valence-corrected chi connectivity index (χ2v) is 16.2. The highest BCUT2D eigenvalue weighted by Crippen LogP contribution is 2.38. The van der Waals surface area contributed by atoms with Crippen molar-refractivity contribution in [1.29, 1.82) is 0 Å². The standard InChI is InChI=1S/C44H42N4O7S2/c1-44(2,3)55-43(53)48-23-22-34-36(26-48)57-41(38(34)42(52)54-4)47-37(49)27-56-33-17-11-16-32(25-33)45-40(51)35(46-39(50)31-14-9-6-10-15-31)24-28-18-20-30(21-19-28)29-12-7-5-8-13-29/h5-21,24-25H,22-23,26-27H2,1-4H3,(H,45,51)(H,46,50)(H,47,49)/b35-24+. The van der Waals surface area contributed by atoms with E-state index in [0.29, 0.717) is 45.2 Å². The molecule has 6 rings (SSSR count). The minimum Gasteiger partial charge on any atom is -0.465 e. The molecule has 1 aromatic heterocycles. The monoisotopic (exact) mass is 802 g/mol. The first-order chi connectivity index (χ1) is 27.4. The Kier molecular flexibility index (Phi) is 12.9. The Bertz CT molecular complexity index is 2300. The Morgan fingerprint density at radius 2 is 1.53 bits per heavy atom. The number of anilines is 2. The molecule has 57 heavy (non-hydrogen) atoms. The SMILES string of the molecule is COC(=O)c1c(NC(=O)CSc2cccc(NC(=O)/C(=C\c3ccc(-c4ccccc4)cc3)NC(=O)c3ccccc3)c2)sc2c1CCN(C(=O)OC(C)(C)C)C2. The van der Waals surface area contributed by atoms with Gasteiger partial charge in [-0.05, 0) is 85.9 Å². The molecule has 0 aliphatic carbocycles. The molecule has 11 nitrogen and oxygen atoms in total. The van der Waals surface area contributed by atoms with Gasteiger partial charge in [0.1, 0.15) is 16.3 Å². The molecule has 292 valence electrons. The first-order valence-electron chi connectivity index (χ1n) is 18.2. The smallest absolute Gasteiger partial charge is 0.410 e. The number of carbonyl (C=O) groups is 5. The van der Waals surface area contributed by atoms with Crippen molar-refractivity contribution in [2.24, 2.45) is 0 Å². The highest BCUT2D eigenvalue weighted by molar-refractivity contribution is 8.00. The molecule has 0 unspecified atom stereocenters. The number of hydrogen-bond donors (Lipinski definition) is 3. The molecule has 1 aliphatic heterocycles. The molecule has 1 aliphatic rings. The number of esters is 1. The molecule has 0 fully saturated rings. The first kappa shape index (κ1) is 40.5. The van der Waals surface area contributed by atoms with Crippen LogP contribution in [0.15, 0.2) is 120 Å². The van der Waals surface area contributed by atoms with Gasteiger partial charge >= 0.3 is 12.1 Å². The Hall–Kier alpha value is -6.18. The largest absolute Gasteiger partial charge is 0.465 e. The number of nitrogens with one attached hydrogen (secondary N) is 3. The molecule has 0 radical (unpaired) electrons. The van der Waals surface area contributed by atoms with Crippen molar-refractivity contribution in [3.8, 4) is 11.1 Å². The van der Waals surface area contributed by atoms with Gasteiger partial charge in [0.25, 0.3) is 11.8 Å². The van der Waals surface area contributed by atoms with Crippen LogP contribution in [0.5, 0.6) is 0 Å². The van der Waals surface area contributed by atoms with Crippen molar-refractivity contribution >= 4 is 69.6 Å². The number of nitrogens with zero attached hydrogens (tertiary/aromatic N) is 1. The summed E-state index contributed by atoms with van der Waals surface area (Å²) in [6.07, 6.45) is 1.58. The lowest BCUT2D eigenvalue weighted by Gasteiger charge is -2.30. The third-order valence-corrected chi connectivity index (χ3v) is 10.8. The average Bonchev–Trinajstić information content (AvgIpc) is 3.56. The van der Waals surface area contributed by atoms with Gasteiger partial charge in [0, 0.05) is 27.6 Å². The van der Waals surface area contributed by atoms with E-state index in [-0.39, 0.29) is 23.9 Å². The van der Waals surface area contributed by atoms with E-state index in [9.17, 15) is 24.0 Å². The lowest BCUT2D eigenvalue weighted by molar-refractivity contribution is -0.114. The first-order valence-corrected chi connectivity index (χ1v) is 20.0. The van der Waals surface area contributed by atoms with E-state index in [0.717, 1.165) is 21.6 Å². The molecule has 13 heteroatoms. The summed E-state index contributed by atoms with van der Waals surface area (Å²) >= 11 is 2.48. The number of ether oxygens (including phenoxy) is 2. The van der Waals surface area contributed by atoms with Crippen LogP contribution in [0.25, 0.3) is 17.2 Å². The minimum absolute atomic E-state index is 0.00186. The molecule has 4 aromatic carbocycles. The summed E-state index contributed by atoms with van der Waals surface area (Å²) in [5.41, 5.74) is 4.07. The van der Waals surface area contributed by atoms with Crippen molar-refractivity contribution in [3.05, 3.63) is 142 Å². The lowest BCUT2D eigenvalue weighted by atomic mass is 10.0. The van der Waals surface area contributed by atoms with Crippen LogP contribution in [0, 0.1) is 0 Å². The van der Waals surface area contributed by atoms with E-state index in [4.69, 9.17) is 9.47 Å².